The fraction of sp³-hybridized carbons (Fsp3) is 0.389. The molecule has 1 aromatic carbocycles. The van der Waals surface area contributed by atoms with Crippen LogP contribution in [-0.2, 0) is 11.2 Å². The average molecular weight is 310 g/mol. The third kappa shape index (κ3) is 3.67. The molecule has 0 radical (unpaired) electrons. The van der Waals surface area contributed by atoms with E-state index in [-0.39, 0.29) is 5.91 Å². The van der Waals surface area contributed by atoms with Crippen LogP contribution in [0.15, 0.2) is 36.7 Å². The minimum absolute atomic E-state index is 0.206. The van der Waals surface area contributed by atoms with Gasteiger partial charge in [0.2, 0.25) is 5.91 Å². The summed E-state index contributed by atoms with van der Waals surface area (Å²) in [5.41, 5.74) is 3.26. The smallest absolute Gasteiger partial charge is 0.227 e. The monoisotopic (exact) mass is 310 g/mol. The van der Waals surface area contributed by atoms with Gasteiger partial charge in [-0.3, -0.25) is 4.79 Å². The maximum atomic E-state index is 12.5. The number of carbonyl (C=O) groups is 1. The highest BCUT2D eigenvalue weighted by atomic mass is 16.2. The van der Waals surface area contributed by atoms with Crippen LogP contribution in [0.4, 0.5) is 5.82 Å². The first-order valence-electron chi connectivity index (χ1n) is 7.99. The van der Waals surface area contributed by atoms with Gasteiger partial charge in [-0.05, 0) is 25.0 Å². The number of benzene rings is 1. The second kappa shape index (κ2) is 6.77. The molecule has 0 unspecified atom stereocenters. The van der Waals surface area contributed by atoms with Gasteiger partial charge < -0.3 is 9.80 Å². The van der Waals surface area contributed by atoms with E-state index in [1.807, 2.05) is 36.1 Å². The van der Waals surface area contributed by atoms with Gasteiger partial charge in [-0.1, -0.05) is 24.3 Å². The lowest BCUT2D eigenvalue weighted by molar-refractivity contribution is -0.130. The zero-order chi connectivity index (χ0) is 16.2. The van der Waals surface area contributed by atoms with Gasteiger partial charge in [-0.25, -0.2) is 9.97 Å². The number of aromatic nitrogens is 2. The first kappa shape index (κ1) is 15.5. The molecule has 1 aliphatic heterocycles. The summed E-state index contributed by atoms with van der Waals surface area (Å²) in [6, 6.07) is 10.1. The van der Waals surface area contributed by atoms with Crippen molar-refractivity contribution in [2.24, 2.45) is 0 Å². The number of aryl methyl sites for hydroxylation is 2. The summed E-state index contributed by atoms with van der Waals surface area (Å²) in [5, 5.41) is 0. The molecule has 1 aliphatic rings. The van der Waals surface area contributed by atoms with E-state index in [9.17, 15) is 4.79 Å². The topological polar surface area (TPSA) is 49.3 Å². The lowest BCUT2D eigenvalue weighted by Crippen LogP contribution is -2.49. The summed E-state index contributed by atoms with van der Waals surface area (Å²) < 4.78 is 0. The quantitative estimate of drug-likeness (QED) is 0.870. The molecule has 1 saturated heterocycles. The number of anilines is 1. The lowest BCUT2D eigenvalue weighted by Gasteiger charge is -2.35. The van der Waals surface area contributed by atoms with Crippen molar-refractivity contribution in [3.8, 4) is 0 Å². The SMILES string of the molecule is Cc1cc(N2CCN(C(=O)Cc3ccccc3C)CC2)ncn1. The van der Waals surface area contributed by atoms with Crippen LogP contribution in [0.2, 0.25) is 0 Å². The van der Waals surface area contributed by atoms with Gasteiger partial charge in [0.15, 0.2) is 0 Å². The number of hydrogen-bond donors (Lipinski definition) is 0. The summed E-state index contributed by atoms with van der Waals surface area (Å²) >= 11 is 0. The third-order valence-electron chi connectivity index (χ3n) is 4.35. The fourth-order valence-electron chi connectivity index (χ4n) is 2.88. The van der Waals surface area contributed by atoms with Crippen molar-refractivity contribution in [2.45, 2.75) is 20.3 Å². The van der Waals surface area contributed by atoms with Gasteiger partial charge in [-0.2, -0.15) is 0 Å². The molecule has 0 saturated carbocycles. The highest BCUT2D eigenvalue weighted by Gasteiger charge is 2.22. The van der Waals surface area contributed by atoms with E-state index in [0.29, 0.717) is 6.42 Å². The Morgan fingerprint density at radius 2 is 1.83 bits per heavy atom. The molecule has 1 aromatic heterocycles. The van der Waals surface area contributed by atoms with Crippen LogP contribution in [0.1, 0.15) is 16.8 Å². The molecular formula is C18H22N4O. The van der Waals surface area contributed by atoms with E-state index in [1.165, 1.54) is 5.56 Å². The molecule has 2 aromatic rings. The van der Waals surface area contributed by atoms with E-state index in [1.54, 1.807) is 6.33 Å². The summed E-state index contributed by atoms with van der Waals surface area (Å²) in [6.07, 6.45) is 2.08. The number of nitrogens with zero attached hydrogens (tertiary/aromatic N) is 4. The molecule has 0 bridgehead atoms. The van der Waals surface area contributed by atoms with Crippen molar-refractivity contribution in [3.05, 3.63) is 53.5 Å². The standard InChI is InChI=1S/C18H22N4O/c1-14-5-3-4-6-16(14)12-18(23)22-9-7-21(8-10-22)17-11-15(2)19-13-20-17/h3-6,11,13H,7-10,12H2,1-2H3. The molecule has 0 atom stereocenters. The Morgan fingerprint density at radius 1 is 1.09 bits per heavy atom. The van der Waals surface area contributed by atoms with E-state index >= 15 is 0 Å². The average Bonchev–Trinajstić information content (AvgIpc) is 2.57. The van der Waals surface area contributed by atoms with Crippen molar-refractivity contribution in [3.63, 3.8) is 0 Å². The molecule has 120 valence electrons. The summed E-state index contributed by atoms with van der Waals surface area (Å²) in [6.45, 7) is 7.14. The van der Waals surface area contributed by atoms with Crippen molar-refractivity contribution < 1.29 is 4.79 Å². The predicted octanol–water partition coefficient (Wildman–Crippen LogP) is 1.98. The van der Waals surface area contributed by atoms with Gasteiger partial charge in [-0.15, -0.1) is 0 Å². The van der Waals surface area contributed by atoms with Crippen molar-refractivity contribution in [2.75, 3.05) is 31.1 Å². The zero-order valence-corrected chi connectivity index (χ0v) is 13.7. The number of amides is 1. The second-order valence-corrected chi connectivity index (χ2v) is 5.99. The van der Waals surface area contributed by atoms with Crippen LogP contribution in [-0.4, -0.2) is 47.0 Å². The fourth-order valence-corrected chi connectivity index (χ4v) is 2.88. The first-order valence-corrected chi connectivity index (χ1v) is 7.99. The van der Waals surface area contributed by atoms with Crippen molar-refractivity contribution in [1.29, 1.82) is 0 Å². The minimum atomic E-state index is 0.206. The van der Waals surface area contributed by atoms with Gasteiger partial charge in [0, 0.05) is 37.9 Å². The molecule has 0 aliphatic carbocycles. The summed E-state index contributed by atoms with van der Waals surface area (Å²) in [7, 11) is 0. The van der Waals surface area contributed by atoms with Crippen LogP contribution in [0.25, 0.3) is 0 Å². The number of hydrogen-bond acceptors (Lipinski definition) is 4. The molecule has 0 spiro atoms. The minimum Gasteiger partial charge on any atom is -0.353 e. The molecule has 23 heavy (non-hydrogen) atoms. The second-order valence-electron chi connectivity index (χ2n) is 5.99. The molecule has 0 N–H and O–H groups in total. The van der Waals surface area contributed by atoms with Gasteiger partial charge >= 0.3 is 0 Å². The first-order chi connectivity index (χ1) is 11.1. The predicted molar refractivity (Wildman–Crippen MR) is 90.4 cm³/mol. The molecule has 5 heteroatoms. The Morgan fingerprint density at radius 3 is 2.52 bits per heavy atom. The molecule has 3 rings (SSSR count). The van der Waals surface area contributed by atoms with Gasteiger partial charge in [0.25, 0.3) is 0 Å². The number of rotatable bonds is 3. The Balaban J connectivity index is 1.58. The van der Waals surface area contributed by atoms with E-state index in [2.05, 4.69) is 27.9 Å². The van der Waals surface area contributed by atoms with Crippen LogP contribution in [0.5, 0.6) is 0 Å². The Kier molecular flexibility index (Phi) is 4.55. The summed E-state index contributed by atoms with van der Waals surface area (Å²) in [4.78, 5) is 25.1. The van der Waals surface area contributed by atoms with Crippen LogP contribution < -0.4 is 4.90 Å². The van der Waals surface area contributed by atoms with Gasteiger partial charge in [0.1, 0.15) is 12.1 Å². The van der Waals surface area contributed by atoms with Crippen LogP contribution in [0.3, 0.4) is 0 Å². The normalized spacial score (nSPS) is 14.9. The zero-order valence-electron chi connectivity index (χ0n) is 13.7. The maximum absolute atomic E-state index is 12.5. The highest BCUT2D eigenvalue weighted by molar-refractivity contribution is 5.79. The molecule has 2 heterocycles. The van der Waals surface area contributed by atoms with E-state index < -0.39 is 0 Å². The van der Waals surface area contributed by atoms with Crippen LogP contribution in [0, 0.1) is 13.8 Å². The summed E-state index contributed by atoms with van der Waals surface area (Å²) in [5.74, 6) is 1.15. The largest absolute Gasteiger partial charge is 0.353 e. The number of piperazine rings is 1. The van der Waals surface area contributed by atoms with E-state index in [0.717, 1.165) is 43.3 Å². The van der Waals surface area contributed by atoms with Gasteiger partial charge in [0.05, 0.1) is 6.42 Å². The molecular weight excluding hydrogens is 288 g/mol. The van der Waals surface area contributed by atoms with Crippen molar-refractivity contribution >= 4 is 11.7 Å². The lowest BCUT2D eigenvalue weighted by atomic mass is 10.1. The third-order valence-corrected chi connectivity index (χ3v) is 4.35. The van der Waals surface area contributed by atoms with E-state index in [4.69, 9.17) is 0 Å². The molecule has 1 fully saturated rings. The van der Waals surface area contributed by atoms with Crippen molar-refractivity contribution in [1.82, 2.24) is 14.9 Å². The molecule has 1 amide bonds. The highest BCUT2D eigenvalue weighted by Crippen LogP contribution is 2.15. The number of carbonyl (C=O) groups excluding carboxylic acids is 1. The molecule has 5 nitrogen and oxygen atoms in total. The Hall–Kier alpha value is -2.43. The maximum Gasteiger partial charge on any atom is 0.227 e. The Labute approximate surface area is 137 Å². The van der Waals surface area contributed by atoms with Crippen LogP contribution >= 0.6 is 0 Å². The Bertz CT molecular complexity index is 693.